The van der Waals surface area contributed by atoms with Crippen LogP contribution in [-0.2, 0) is 11.0 Å². The number of hydrogen-bond donors (Lipinski definition) is 0. The molecule has 1 aliphatic carbocycles. The van der Waals surface area contributed by atoms with Gasteiger partial charge in [0.1, 0.15) is 5.69 Å². The highest BCUT2D eigenvalue weighted by Crippen LogP contribution is 2.41. The summed E-state index contributed by atoms with van der Waals surface area (Å²) in [7, 11) is -1.83. The van der Waals surface area contributed by atoms with Crippen LogP contribution in [0.15, 0.2) is 30.6 Å². The number of carbonyl (C=O) groups is 1. The Bertz CT molecular complexity index is 1100. The molecule has 1 aromatic carbocycles. The van der Waals surface area contributed by atoms with Crippen LogP contribution in [-0.4, -0.2) is 35.5 Å². The van der Waals surface area contributed by atoms with E-state index in [1.165, 1.54) is 0 Å². The van der Waals surface area contributed by atoms with Gasteiger partial charge in [0, 0.05) is 28.9 Å². The van der Waals surface area contributed by atoms with Crippen LogP contribution >= 0.6 is 11.6 Å². The maximum absolute atomic E-state index is 13.0. The summed E-state index contributed by atoms with van der Waals surface area (Å²) in [5, 5.41) is 6.24. The van der Waals surface area contributed by atoms with E-state index in [0.717, 1.165) is 22.2 Å². The molecule has 0 bridgehead atoms. The number of fused-ring (bicyclic) bond motifs is 2. The van der Waals surface area contributed by atoms with E-state index in [1.54, 1.807) is 24.5 Å². The number of rotatable bonds is 4. The highest BCUT2D eigenvalue weighted by Gasteiger charge is 2.37. The minimum atomic E-state index is -1.83. The van der Waals surface area contributed by atoms with Gasteiger partial charge >= 0.3 is 0 Å². The molecule has 1 aliphatic rings. The molecule has 0 atom stereocenters. The van der Waals surface area contributed by atoms with Crippen molar-refractivity contribution in [3.05, 3.63) is 46.7 Å². The second kappa shape index (κ2) is 6.51. The molecule has 0 fully saturated rings. The van der Waals surface area contributed by atoms with Gasteiger partial charge in [-0.25, -0.2) is 0 Å². The Labute approximate surface area is 170 Å². The van der Waals surface area contributed by atoms with E-state index >= 15 is 0 Å². The maximum atomic E-state index is 13.0. The molecule has 0 N–H and O–H groups in total. The van der Waals surface area contributed by atoms with Crippen LogP contribution in [0, 0.1) is 0 Å². The van der Waals surface area contributed by atoms with Crippen molar-refractivity contribution in [1.29, 1.82) is 0 Å². The zero-order valence-corrected chi connectivity index (χ0v) is 18.6. The predicted octanol–water partition coefficient (Wildman–Crippen LogP) is 5.32. The fraction of sp³-hybridized carbons (Fsp3) is 0.381. The van der Waals surface area contributed by atoms with Crippen LogP contribution in [0.2, 0.25) is 23.2 Å². The lowest BCUT2D eigenvalue weighted by atomic mass is 9.88. The molecule has 0 saturated heterocycles. The van der Waals surface area contributed by atoms with Crippen molar-refractivity contribution in [2.45, 2.75) is 45.4 Å². The first-order chi connectivity index (χ1) is 13.1. The van der Waals surface area contributed by atoms with Crippen LogP contribution in [0.1, 0.15) is 36.7 Å². The topological polar surface area (TPSA) is 57.0 Å². The average Bonchev–Trinajstić information content (AvgIpc) is 2.98. The zero-order chi connectivity index (χ0) is 20.3. The quantitative estimate of drug-likeness (QED) is 0.425. The maximum Gasteiger partial charge on any atom is 0.196 e. The van der Waals surface area contributed by atoms with Crippen LogP contribution in [0.3, 0.4) is 0 Å². The van der Waals surface area contributed by atoms with Gasteiger partial charge in [-0.2, -0.15) is 5.10 Å². The molecule has 0 saturated carbocycles. The lowest BCUT2D eigenvalue weighted by Crippen LogP contribution is -2.41. The first-order valence-corrected chi connectivity index (χ1v) is 12.7. The van der Waals surface area contributed by atoms with Crippen molar-refractivity contribution < 1.29 is 9.22 Å². The Balaban J connectivity index is 1.76. The number of ketones is 1. The van der Waals surface area contributed by atoms with Gasteiger partial charge in [0.15, 0.2) is 14.1 Å². The molecule has 3 aromatic rings. The van der Waals surface area contributed by atoms with E-state index < -0.39 is 8.32 Å². The van der Waals surface area contributed by atoms with Crippen molar-refractivity contribution in [3.63, 3.8) is 0 Å². The van der Waals surface area contributed by atoms with E-state index in [1.807, 2.05) is 10.7 Å². The van der Waals surface area contributed by atoms with E-state index in [0.29, 0.717) is 29.3 Å². The number of nitrogens with zero attached hydrogens (tertiary/aromatic N) is 3. The average molecular weight is 414 g/mol. The standard InChI is InChI=1S/C21H24ClN3O2Si/c1-21(2,3)28(4,5)27-11-10-25-16-7-6-15(22)17-18(16)19(24-25)14-12-23-9-8-13(14)20(17)26/h6-9,12H,10-11H2,1-5H3. The van der Waals surface area contributed by atoms with Gasteiger partial charge in [0.2, 0.25) is 0 Å². The third-order valence-corrected chi connectivity index (χ3v) is 10.8. The van der Waals surface area contributed by atoms with Crippen LogP contribution in [0.5, 0.6) is 0 Å². The van der Waals surface area contributed by atoms with Gasteiger partial charge in [0.25, 0.3) is 0 Å². The van der Waals surface area contributed by atoms with Crippen LogP contribution < -0.4 is 0 Å². The Morgan fingerprint density at radius 3 is 2.64 bits per heavy atom. The largest absolute Gasteiger partial charge is 0.415 e. The smallest absolute Gasteiger partial charge is 0.196 e. The molecule has 0 spiro atoms. The summed E-state index contributed by atoms with van der Waals surface area (Å²) in [6.07, 6.45) is 3.33. The fourth-order valence-corrected chi connectivity index (χ4v) is 4.62. The summed E-state index contributed by atoms with van der Waals surface area (Å²) in [4.78, 5) is 17.2. The van der Waals surface area contributed by atoms with Gasteiger partial charge in [-0.15, -0.1) is 0 Å². The Kier molecular flexibility index (Phi) is 4.48. The predicted molar refractivity (Wildman–Crippen MR) is 115 cm³/mol. The monoisotopic (exact) mass is 413 g/mol. The molecule has 2 heterocycles. The van der Waals surface area contributed by atoms with Gasteiger partial charge in [-0.05, 0) is 36.3 Å². The molecule has 7 heteroatoms. The minimum absolute atomic E-state index is 0.0717. The summed E-state index contributed by atoms with van der Waals surface area (Å²) in [6.45, 7) is 12.4. The molecule has 4 rings (SSSR count). The van der Waals surface area contributed by atoms with Gasteiger partial charge in [-0.1, -0.05) is 32.4 Å². The Hall–Kier alpha value is -2.02. The third-order valence-electron chi connectivity index (χ3n) is 5.99. The summed E-state index contributed by atoms with van der Waals surface area (Å²) in [6, 6.07) is 5.44. The van der Waals surface area contributed by atoms with Gasteiger partial charge in [0.05, 0.1) is 29.3 Å². The molecule has 0 unspecified atom stereocenters. The normalized spacial score (nSPS) is 13.9. The minimum Gasteiger partial charge on any atom is -0.415 e. The molecular formula is C21H24ClN3O2Si. The Morgan fingerprint density at radius 2 is 1.93 bits per heavy atom. The molecule has 0 aliphatic heterocycles. The molecule has 2 aromatic heterocycles. The summed E-state index contributed by atoms with van der Waals surface area (Å²) < 4.78 is 8.25. The molecule has 5 nitrogen and oxygen atoms in total. The number of halogens is 1. The SMILES string of the molecule is CC(C)(C)[Si](C)(C)OCCn1nc2c3c(c(Cl)ccc31)C(=O)c1ccncc1-2. The zero-order valence-electron chi connectivity index (χ0n) is 16.8. The van der Waals surface area contributed by atoms with Crippen molar-refractivity contribution in [2.24, 2.45) is 0 Å². The number of hydrogen-bond acceptors (Lipinski definition) is 4. The number of pyridine rings is 1. The second-order valence-corrected chi connectivity index (χ2v) is 14.0. The van der Waals surface area contributed by atoms with E-state index in [2.05, 4.69) is 38.8 Å². The first-order valence-electron chi connectivity index (χ1n) is 9.44. The highest BCUT2D eigenvalue weighted by molar-refractivity contribution is 6.74. The number of aromatic nitrogens is 3. The van der Waals surface area contributed by atoms with Crippen molar-refractivity contribution in [3.8, 4) is 11.3 Å². The first kappa shape index (κ1) is 19.3. The molecule has 0 amide bonds. The van der Waals surface area contributed by atoms with E-state index in [9.17, 15) is 4.79 Å². The molecular weight excluding hydrogens is 390 g/mol. The molecule has 28 heavy (non-hydrogen) atoms. The van der Waals surface area contributed by atoms with Crippen molar-refractivity contribution >= 4 is 36.6 Å². The summed E-state index contributed by atoms with van der Waals surface area (Å²) in [5.41, 5.74) is 3.55. The van der Waals surface area contributed by atoms with Crippen molar-refractivity contribution in [2.75, 3.05) is 6.61 Å². The lowest BCUT2D eigenvalue weighted by Gasteiger charge is -2.36. The number of benzene rings is 1. The summed E-state index contributed by atoms with van der Waals surface area (Å²) >= 11 is 6.40. The van der Waals surface area contributed by atoms with E-state index in [-0.39, 0.29) is 10.8 Å². The van der Waals surface area contributed by atoms with Crippen LogP contribution in [0.4, 0.5) is 0 Å². The lowest BCUT2D eigenvalue weighted by molar-refractivity contribution is 0.104. The highest BCUT2D eigenvalue weighted by atomic mass is 35.5. The van der Waals surface area contributed by atoms with Gasteiger partial charge < -0.3 is 4.43 Å². The summed E-state index contributed by atoms with van der Waals surface area (Å²) in [5.74, 6) is -0.0717. The number of carbonyl (C=O) groups excluding carboxylic acids is 1. The van der Waals surface area contributed by atoms with Crippen LogP contribution in [0.25, 0.3) is 22.2 Å². The van der Waals surface area contributed by atoms with Crippen molar-refractivity contribution in [1.82, 2.24) is 14.8 Å². The molecule has 0 radical (unpaired) electrons. The second-order valence-electron chi connectivity index (χ2n) is 8.75. The van der Waals surface area contributed by atoms with Gasteiger partial charge in [-0.3, -0.25) is 14.5 Å². The fourth-order valence-electron chi connectivity index (χ4n) is 3.35. The third kappa shape index (κ3) is 2.91. The van der Waals surface area contributed by atoms with E-state index in [4.69, 9.17) is 21.1 Å². The molecule has 146 valence electrons. The Morgan fingerprint density at radius 1 is 1.18 bits per heavy atom.